The zero-order valence-corrected chi connectivity index (χ0v) is 12.7. The number of piperidine rings is 1. The number of amides is 1. The molecule has 2 rings (SSSR count). The summed E-state index contributed by atoms with van der Waals surface area (Å²) in [5, 5.41) is 9.56. The molecular formula is C15H19F3N2O3. The van der Waals surface area contributed by atoms with E-state index in [4.69, 9.17) is 0 Å². The number of nitrogens with one attached hydrogen (secondary N) is 1. The number of aliphatic hydroxyl groups is 1. The number of pyridine rings is 1. The Labute approximate surface area is 131 Å². The zero-order valence-electron chi connectivity index (χ0n) is 12.7. The number of hydrogen-bond acceptors (Lipinski definition) is 3. The van der Waals surface area contributed by atoms with Crippen LogP contribution in [0.5, 0.6) is 0 Å². The summed E-state index contributed by atoms with van der Waals surface area (Å²) in [6, 6.07) is 1.60. The highest BCUT2D eigenvalue weighted by Crippen LogP contribution is 2.33. The molecule has 0 bridgehead atoms. The molecule has 2 heterocycles. The van der Waals surface area contributed by atoms with Gasteiger partial charge in [-0.25, -0.2) is 0 Å². The summed E-state index contributed by atoms with van der Waals surface area (Å²) in [6.07, 6.45) is -2.54. The van der Waals surface area contributed by atoms with Crippen molar-refractivity contribution in [1.29, 1.82) is 0 Å². The van der Waals surface area contributed by atoms with Gasteiger partial charge in [0.05, 0.1) is 6.61 Å². The van der Waals surface area contributed by atoms with Gasteiger partial charge in [0.2, 0.25) is 0 Å². The number of carbonyl (C=O) groups is 1. The Morgan fingerprint density at radius 2 is 2.13 bits per heavy atom. The largest absolute Gasteiger partial charge is 0.431 e. The van der Waals surface area contributed by atoms with E-state index < -0.39 is 28.8 Å². The summed E-state index contributed by atoms with van der Waals surface area (Å²) in [6.45, 7) is 2.55. The maximum atomic E-state index is 12.6. The van der Waals surface area contributed by atoms with Gasteiger partial charge in [0.15, 0.2) is 0 Å². The number of rotatable bonds is 3. The van der Waals surface area contributed by atoms with Crippen LogP contribution >= 0.6 is 0 Å². The third-order valence-corrected chi connectivity index (χ3v) is 4.48. The molecule has 8 heteroatoms. The SMILES string of the molecule is CCC1(CO)CCCN(C(=O)c2ccc(C(F)(F)F)[nH]c2=O)C1. The van der Waals surface area contributed by atoms with Gasteiger partial charge in [-0.3, -0.25) is 9.59 Å². The van der Waals surface area contributed by atoms with Crippen LogP contribution in [-0.4, -0.2) is 40.6 Å². The quantitative estimate of drug-likeness (QED) is 0.889. The summed E-state index contributed by atoms with van der Waals surface area (Å²) in [5.74, 6) is -0.606. The van der Waals surface area contributed by atoms with Crippen molar-refractivity contribution in [2.75, 3.05) is 19.7 Å². The molecule has 128 valence electrons. The van der Waals surface area contributed by atoms with Crippen molar-refractivity contribution < 1.29 is 23.1 Å². The van der Waals surface area contributed by atoms with Gasteiger partial charge in [-0.05, 0) is 31.4 Å². The normalized spacial score (nSPS) is 22.2. The maximum absolute atomic E-state index is 12.6. The monoisotopic (exact) mass is 332 g/mol. The molecule has 1 fully saturated rings. The van der Waals surface area contributed by atoms with Crippen LogP contribution in [0.3, 0.4) is 0 Å². The van der Waals surface area contributed by atoms with E-state index in [0.717, 1.165) is 12.5 Å². The lowest BCUT2D eigenvalue weighted by atomic mass is 9.78. The number of H-pyrrole nitrogens is 1. The standard InChI is InChI=1S/C15H19F3N2O3/c1-2-14(9-21)6-3-7-20(8-14)13(23)10-4-5-11(15(16,17)18)19-12(10)22/h4-5,21H,2-3,6-9H2,1H3,(H,19,22). The highest BCUT2D eigenvalue weighted by Gasteiger charge is 2.37. The highest BCUT2D eigenvalue weighted by molar-refractivity contribution is 5.94. The van der Waals surface area contributed by atoms with Crippen molar-refractivity contribution in [1.82, 2.24) is 9.88 Å². The van der Waals surface area contributed by atoms with Crippen LogP contribution in [-0.2, 0) is 6.18 Å². The number of nitrogens with zero attached hydrogens (tertiary/aromatic N) is 1. The molecule has 5 nitrogen and oxygen atoms in total. The van der Waals surface area contributed by atoms with Crippen molar-refractivity contribution in [3.05, 3.63) is 33.7 Å². The number of carbonyl (C=O) groups excluding carboxylic acids is 1. The first-order chi connectivity index (χ1) is 10.7. The number of aliphatic hydroxyl groups excluding tert-OH is 1. The Kier molecular flexibility index (Phi) is 4.84. The number of alkyl halides is 3. The van der Waals surface area contributed by atoms with E-state index in [1.165, 1.54) is 4.90 Å². The van der Waals surface area contributed by atoms with E-state index in [0.29, 0.717) is 32.0 Å². The predicted molar refractivity (Wildman–Crippen MR) is 77.0 cm³/mol. The molecule has 2 N–H and O–H groups in total. The fourth-order valence-electron chi connectivity index (χ4n) is 2.89. The van der Waals surface area contributed by atoms with Gasteiger partial charge in [-0.15, -0.1) is 0 Å². The summed E-state index contributed by atoms with van der Waals surface area (Å²) in [4.78, 5) is 27.4. The summed E-state index contributed by atoms with van der Waals surface area (Å²) < 4.78 is 37.7. The van der Waals surface area contributed by atoms with Gasteiger partial charge in [-0.1, -0.05) is 6.92 Å². The lowest BCUT2D eigenvalue weighted by molar-refractivity contribution is -0.141. The molecule has 0 saturated carbocycles. The molecule has 1 aromatic rings. The van der Waals surface area contributed by atoms with E-state index in [1.54, 1.807) is 4.98 Å². The Hall–Kier alpha value is -1.83. The Morgan fingerprint density at radius 3 is 2.65 bits per heavy atom. The second-order valence-corrected chi connectivity index (χ2v) is 5.95. The molecule has 0 spiro atoms. The van der Waals surface area contributed by atoms with Crippen LogP contribution in [0, 0.1) is 5.41 Å². The number of likely N-dealkylation sites (tertiary alicyclic amines) is 1. The average molecular weight is 332 g/mol. The van der Waals surface area contributed by atoms with Crippen molar-refractivity contribution in [2.24, 2.45) is 5.41 Å². The smallest absolute Gasteiger partial charge is 0.396 e. The van der Waals surface area contributed by atoms with Crippen LogP contribution < -0.4 is 5.56 Å². The molecule has 0 aromatic carbocycles. The summed E-state index contributed by atoms with van der Waals surface area (Å²) in [5.41, 5.74) is -2.97. The Balaban J connectivity index is 2.25. The van der Waals surface area contributed by atoms with Crippen LogP contribution in [0.4, 0.5) is 13.2 Å². The first kappa shape index (κ1) is 17.5. The van der Waals surface area contributed by atoms with E-state index in [-0.39, 0.29) is 12.2 Å². The van der Waals surface area contributed by atoms with Crippen LogP contribution in [0.2, 0.25) is 0 Å². The molecule has 23 heavy (non-hydrogen) atoms. The molecule has 1 aromatic heterocycles. The molecule has 1 unspecified atom stereocenters. The van der Waals surface area contributed by atoms with E-state index in [2.05, 4.69) is 0 Å². The molecule has 0 radical (unpaired) electrons. The summed E-state index contributed by atoms with van der Waals surface area (Å²) in [7, 11) is 0. The Bertz CT molecular complexity index is 636. The van der Waals surface area contributed by atoms with Gasteiger partial charge < -0.3 is 15.0 Å². The van der Waals surface area contributed by atoms with Gasteiger partial charge >= 0.3 is 6.18 Å². The lowest BCUT2D eigenvalue weighted by Crippen LogP contribution is -2.48. The summed E-state index contributed by atoms with van der Waals surface area (Å²) >= 11 is 0. The zero-order chi connectivity index (χ0) is 17.3. The number of aromatic amines is 1. The van der Waals surface area contributed by atoms with E-state index in [9.17, 15) is 27.9 Å². The molecule has 1 aliphatic rings. The molecule has 0 aliphatic carbocycles. The average Bonchev–Trinajstić information content (AvgIpc) is 2.53. The fourth-order valence-corrected chi connectivity index (χ4v) is 2.89. The third-order valence-electron chi connectivity index (χ3n) is 4.48. The Morgan fingerprint density at radius 1 is 1.43 bits per heavy atom. The lowest BCUT2D eigenvalue weighted by Gasteiger charge is -2.41. The third kappa shape index (κ3) is 3.57. The van der Waals surface area contributed by atoms with Gasteiger partial charge in [0.1, 0.15) is 11.3 Å². The van der Waals surface area contributed by atoms with E-state index >= 15 is 0 Å². The molecule has 1 aliphatic heterocycles. The second kappa shape index (κ2) is 6.35. The van der Waals surface area contributed by atoms with Gasteiger partial charge in [-0.2, -0.15) is 13.2 Å². The molecule has 1 atom stereocenters. The highest BCUT2D eigenvalue weighted by atomic mass is 19.4. The predicted octanol–water partition coefficient (Wildman–Crippen LogP) is 2.02. The number of hydrogen-bond donors (Lipinski definition) is 2. The molecular weight excluding hydrogens is 313 g/mol. The molecule has 1 amide bonds. The van der Waals surface area contributed by atoms with Crippen LogP contribution in [0.25, 0.3) is 0 Å². The number of aromatic nitrogens is 1. The minimum atomic E-state index is -4.67. The first-order valence-electron chi connectivity index (χ1n) is 7.43. The van der Waals surface area contributed by atoms with Gasteiger partial charge in [0.25, 0.3) is 11.5 Å². The van der Waals surface area contributed by atoms with Crippen molar-refractivity contribution in [2.45, 2.75) is 32.4 Å². The first-order valence-corrected chi connectivity index (χ1v) is 7.43. The number of halogens is 3. The fraction of sp³-hybridized carbons (Fsp3) is 0.600. The molecule has 1 saturated heterocycles. The van der Waals surface area contributed by atoms with Crippen molar-refractivity contribution >= 4 is 5.91 Å². The van der Waals surface area contributed by atoms with Crippen molar-refractivity contribution in [3.63, 3.8) is 0 Å². The van der Waals surface area contributed by atoms with Crippen molar-refractivity contribution in [3.8, 4) is 0 Å². The van der Waals surface area contributed by atoms with Crippen LogP contribution in [0.1, 0.15) is 42.2 Å². The minimum Gasteiger partial charge on any atom is -0.396 e. The van der Waals surface area contributed by atoms with Crippen LogP contribution in [0.15, 0.2) is 16.9 Å². The van der Waals surface area contributed by atoms with E-state index in [1.807, 2.05) is 6.92 Å². The minimum absolute atomic E-state index is 0.0728. The second-order valence-electron chi connectivity index (χ2n) is 5.95. The maximum Gasteiger partial charge on any atom is 0.431 e. The van der Waals surface area contributed by atoms with Gasteiger partial charge in [0, 0.05) is 18.5 Å². The topological polar surface area (TPSA) is 73.4 Å².